The molecule has 1 heterocycles. The lowest BCUT2D eigenvalue weighted by atomic mass is 10.0. The summed E-state index contributed by atoms with van der Waals surface area (Å²) in [5.41, 5.74) is 0.353. The number of carbonyl (C=O) groups excluding carboxylic acids is 1. The van der Waals surface area contributed by atoms with Gasteiger partial charge in [0.25, 0.3) is 5.91 Å². The van der Waals surface area contributed by atoms with E-state index in [0.717, 1.165) is 0 Å². The number of halogens is 1. The van der Waals surface area contributed by atoms with Gasteiger partial charge in [0.2, 0.25) is 5.88 Å². The van der Waals surface area contributed by atoms with Crippen LogP contribution in [0.15, 0.2) is 24.3 Å². The second-order valence-corrected chi connectivity index (χ2v) is 8.86. The first-order valence-corrected chi connectivity index (χ1v) is 9.44. The maximum Gasteiger partial charge on any atom is 0.254 e. The molecule has 140 valence electrons. The van der Waals surface area contributed by atoms with Gasteiger partial charge in [-0.1, -0.05) is 51.2 Å². The van der Waals surface area contributed by atoms with Crippen molar-refractivity contribution >= 4 is 22.4 Å². The molecule has 2 aromatic rings. The van der Waals surface area contributed by atoms with E-state index in [1.807, 2.05) is 0 Å². The highest BCUT2D eigenvalue weighted by atomic mass is 32.1. The van der Waals surface area contributed by atoms with Crippen LogP contribution in [-0.2, 0) is 6.42 Å². The summed E-state index contributed by atoms with van der Waals surface area (Å²) < 4.78 is 13.6. The van der Waals surface area contributed by atoms with E-state index in [1.54, 1.807) is 12.1 Å². The highest BCUT2D eigenvalue weighted by molar-refractivity contribution is 7.15. The summed E-state index contributed by atoms with van der Waals surface area (Å²) >= 11 is 1.38. The average molecular weight is 377 g/mol. The number of nitrogens with zero attached hydrogens (tertiary/aromatic N) is 1. The van der Waals surface area contributed by atoms with E-state index in [0.29, 0.717) is 29.0 Å². The van der Waals surface area contributed by atoms with Crippen LogP contribution in [0.4, 0.5) is 9.52 Å². The molecule has 1 fully saturated rings. The SMILES string of the molecule is CC1(C)C(Nc2nc(O)c(CCNC(=O)c3ccccc3F)s2)C1(C)C. The lowest BCUT2D eigenvalue weighted by Gasteiger charge is -2.05. The molecule has 1 aromatic carbocycles. The standard InChI is InChI=1S/C19H24FN3O2S/c1-18(2)16(19(18,3)4)23-17-22-15(25)13(26-17)9-10-21-14(24)11-7-5-6-8-12(11)20/h5-8,16,25H,9-10H2,1-4H3,(H,21,24)(H,22,23). The first-order chi connectivity index (χ1) is 12.1. The molecule has 0 saturated heterocycles. The van der Waals surface area contributed by atoms with E-state index < -0.39 is 11.7 Å². The summed E-state index contributed by atoms with van der Waals surface area (Å²) in [4.78, 5) is 16.9. The Bertz CT molecular complexity index is 818. The van der Waals surface area contributed by atoms with Crippen LogP contribution >= 0.6 is 11.3 Å². The molecule has 0 atom stereocenters. The Balaban J connectivity index is 1.56. The van der Waals surface area contributed by atoms with Crippen LogP contribution in [0.2, 0.25) is 0 Å². The minimum Gasteiger partial charge on any atom is -0.492 e. The summed E-state index contributed by atoms with van der Waals surface area (Å²) in [6, 6.07) is 6.15. The summed E-state index contributed by atoms with van der Waals surface area (Å²) in [5, 5.41) is 16.8. The summed E-state index contributed by atoms with van der Waals surface area (Å²) in [7, 11) is 0. The molecule has 5 nitrogen and oxygen atoms in total. The van der Waals surface area contributed by atoms with Gasteiger partial charge in [-0.3, -0.25) is 4.79 Å². The van der Waals surface area contributed by atoms with Crippen LogP contribution in [0, 0.1) is 16.6 Å². The van der Waals surface area contributed by atoms with Gasteiger partial charge in [0.1, 0.15) is 5.82 Å². The van der Waals surface area contributed by atoms with Crippen LogP contribution < -0.4 is 10.6 Å². The van der Waals surface area contributed by atoms with Crippen LogP contribution in [-0.4, -0.2) is 28.6 Å². The van der Waals surface area contributed by atoms with E-state index >= 15 is 0 Å². The van der Waals surface area contributed by atoms with Crippen LogP contribution in [0.3, 0.4) is 0 Å². The van der Waals surface area contributed by atoms with Gasteiger partial charge in [0.05, 0.1) is 10.4 Å². The average Bonchev–Trinajstić information content (AvgIpc) is 2.83. The Hall–Kier alpha value is -2.15. The van der Waals surface area contributed by atoms with E-state index in [9.17, 15) is 14.3 Å². The van der Waals surface area contributed by atoms with Crippen molar-refractivity contribution in [3.05, 3.63) is 40.5 Å². The fourth-order valence-corrected chi connectivity index (χ4v) is 4.16. The van der Waals surface area contributed by atoms with Crippen LogP contribution in [0.25, 0.3) is 0 Å². The molecular formula is C19H24FN3O2S. The predicted molar refractivity (Wildman–Crippen MR) is 101 cm³/mol. The van der Waals surface area contributed by atoms with Crippen molar-refractivity contribution < 1.29 is 14.3 Å². The van der Waals surface area contributed by atoms with Gasteiger partial charge in [0, 0.05) is 19.0 Å². The smallest absolute Gasteiger partial charge is 0.254 e. The zero-order valence-electron chi connectivity index (χ0n) is 15.4. The third-order valence-corrected chi connectivity index (χ3v) is 6.76. The topological polar surface area (TPSA) is 74.2 Å². The van der Waals surface area contributed by atoms with Gasteiger partial charge in [-0.25, -0.2) is 4.39 Å². The minimum absolute atomic E-state index is 0.0154. The van der Waals surface area contributed by atoms with Crippen LogP contribution in [0.5, 0.6) is 5.88 Å². The monoisotopic (exact) mass is 377 g/mol. The Morgan fingerprint density at radius 2 is 1.92 bits per heavy atom. The Morgan fingerprint density at radius 1 is 1.27 bits per heavy atom. The molecule has 1 aromatic heterocycles. The molecule has 1 aliphatic rings. The number of benzene rings is 1. The van der Waals surface area contributed by atoms with Crippen molar-refractivity contribution in [1.29, 1.82) is 0 Å². The first-order valence-electron chi connectivity index (χ1n) is 8.62. The molecular weight excluding hydrogens is 353 g/mol. The number of rotatable bonds is 6. The lowest BCUT2D eigenvalue weighted by molar-refractivity contribution is 0.0950. The van der Waals surface area contributed by atoms with Crippen molar-refractivity contribution in [2.75, 3.05) is 11.9 Å². The van der Waals surface area contributed by atoms with Gasteiger partial charge < -0.3 is 15.7 Å². The van der Waals surface area contributed by atoms with Crippen molar-refractivity contribution in [3.8, 4) is 5.88 Å². The van der Waals surface area contributed by atoms with Crippen molar-refractivity contribution in [1.82, 2.24) is 10.3 Å². The maximum atomic E-state index is 13.6. The van der Waals surface area contributed by atoms with Gasteiger partial charge in [0.15, 0.2) is 5.13 Å². The first kappa shape index (κ1) is 18.6. The lowest BCUT2D eigenvalue weighted by Crippen LogP contribution is -2.26. The number of aromatic hydroxyl groups is 1. The molecule has 3 rings (SSSR count). The number of hydrogen-bond donors (Lipinski definition) is 3. The molecule has 0 spiro atoms. The Kier molecular flexibility index (Phi) is 4.69. The number of thiazole rings is 1. The van der Waals surface area contributed by atoms with Gasteiger partial charge in [-0.15, -0.1) is 0 Å². The third-order valence-electron chi connectivity index (χ3n) is 5.72. The highest BCUT2D eigenvalue weighted by Gasteiger charge is 2.65. The van der Waals surface area contributed by atoms with Gasteiger partial charge in [-0.05, 0) is 23.0 Å². The number of hydrogen-bond acceptors (Lipinski definition) is 5. The number of aromatic nitrogens is 1. The van der Waals surface area contributed by atoms with Gasteiger partial charge in [-0.2, -0.15) is 4.98 Å². The molecule has 0 radical (unpaired) electrons. The van der Waals surface area contributed by atoms with E-state index in [4.69, 9.17) is 0 Å². The van der Waals surface area contributed by atoms with Crippen molar-refractivity contribution in [2.45, 2.75) is 40.2 Å². The fourth-order valence-electron chi connectivity index (χ4n) is 3.28. The third kappa shape index (κ3) is 3.28. The summed E-state index contributed by atoms with van der Waals surface area (Å²) in [6.45, 7) is 9.12. The molecule has 1 aliphatic carbocycles. The van der Waals surface area contributed by atoms with Crippen molar-refractivity contribution in [3.63, 3.8) is 0 Å². The molecule has 0 unspecified atom stereocenters. The molecule has 0 bridgehead atoms. The summed E-state index contributed by atoms with van der Waals surface area (Å²) in [5.74, 6) is -1.03. The largest absolute Gasteiger partial charge is 0.492 e. The predicted octanol–water partition coefficient (Wildman–Crippen LogP) is 3.81. The van der Waals surface area contributed by atoms with Crippen LogP contribution in [0.1, 0.15) is 42.9 Å². The number of nitrogens with one attached hydrogen (secondary N) is 2. The van der Waals surface area contributed by atoms with Crippen molar-refractivity contribution in [2.24, 2.45) is 10.8 Å². The van der Waals surface area contributed by atoms with Gasteiger partial charge >= 0.3 is 0 Å². The van der Waals surface area contributed by atoms with E-state index in [1.165, 1.54) is 23.5 Å². The fraction of sp³-hybridized carbons (Fsp3) is 0.474. The zero-order valence-corrected chi connectivity index (χ0v) is 16.2. The molecule has 7 heteroatoms. The van der Waals surface area contributed by atoms with E-state index in [-0.39, 0.29) is 22.3 Å². The molecule has 1 amide bonds. The number of anilines is 1. The second kappa shape index (κ2) is 6.54. The Morgan fingerprint density at radius 3 is 2.54 bits per heavy atom. The molecule has 0 aliphatic heterocycles. The molecule has 3 N–H and O–H groups in total. The minimum atomic E-state index is -0.549. The zero-order chi connectivity index (χ0) is 19.1. The normalized spacial score (nSPS) is 17.7. The number of amides is 1. The maximum absolute atomic E-state index is 13.6. The molecule has 1 saturated carbocycles. The van der Waals surface area contributed by atoms with E-state index in [2.05, 4.69) is 43.3 Å². The summed E-state index contributed by atoms with van der Waals surface area (Å²) in [6.07, 6.45) is 0.433. The highest BCUT2D eigenvalue weighted by Crippen LogP contribution is 2.63. The second-order valence-electron chi connectivity index (χ2n) is 7.77. The molecule has 26 heavy (non-hydrogen) atoms. The Labute approximate surface area is 156 Å². The number of carbonyl (C=O) groups is 1. The quantitative estimate of drug-likeness (QED) is 0.716.